The fraction of sp³-hybridized carbons (Fsp3) is 0.188. The molecule has 0 aliphatic carbocycles. The number of fused-ring (bicyclic) bond motifs is 1. The molecule has 0 amide bonds. The molecule has 0 spiro atoms. The van der Waals surface area contributed by atoms with Gasteiger partial charge in [0, 0.05) is 6.42 Å². The minimum atomic E-state index is -0.400. The Bertz CT molecular complexity index is 655. The second kappa shape index (κ2) is 5.51. The smallest absolute Gasteiger partial charge is 0.172 e. The van der Waals surface area contributed by atoms with Crippen molar-refractivity contribution in [3.63, 3.8) is 0 Å². The van der Waals surface area contributed by atoms with Crippen LogP contribution in [-0.4, -0.2) is 11.2 Å². The molecule has 2 aromatic rings. The first-order valence-electron chi connectivity index (χ1n) is 6.38. The van der Waals surface area contributed by atoms with Crippen molar-refractivity contribution in [1.29, 1.82) is 0 Å². The van der Waals surface area contributed by atoms with Gasteiger partial charge in [-0.1, -0.05) is 48.0 Å². The fourth-order valence-electron chi connectivity index (χ4n) is 2.39. The fourth-order valence-corrected chi connectivity index (χ4v) is 2.92. The molecule has 1 unspecified atom stereocenters. The van der Waals surface area contributed by atoms with E-state index < -0.39 is 5.44 Å². The van der Waals surface area contributed by atoms with Crippen LogP contribution in [0, 0.1) is 0 Å². The van der Waals surface area contributed by atoms with Gasteiger partial charge in [0.1, 0.15) is 11.2 Å². The van der Waals surface area contributed by atoms with E-state index in [0.717, 1.165) is 11.1 Å². The summed E-state index contributed by atoms with van der Waals surface area (Å²) in [6.07, 6.45) is 0.957. The highest BCUT2D eigenvalue weighted by Gasteiger charge is 2.28. The van der Waals surface area contributed by atoms with Crippen molar-refractivity contribution in [3.8, 4) is 5.75 Å². The molecule has 1 aliphatic heterocycles. The monoisotopic (exact) mass is 304 g/mol. The van der Waals surface area contributed by atoms with E-state index in [-0.39, 0.29) is 12.2 Å². The molecule has 1 aliphatic rings. The average Bonchev–Trinajstić information content (AvgIpc) is 2.42. The van der Waals surface area contributed by atoms with Crippen molar-refractivity contribution in [2.75, 3.05) is 0 Å². The number of hydrogen-bond acceptors (Lipinski definition) is 3. The van der Waals surface area contributed by atoms with E-state index in [1.807, 2.05) is 36.4 Å². The second-order valence-corrected chi connectivity index (χ2v) is 5.76. The molecule has 0 saturated heterocycles. The third kappa shape index (κ3) is 2.56. The number of ether oxygens (including phenoxy) is 1. The van der Waals surface area contributed by atoms with Crippen LogP contribution in [0.2, 0.25) is 5.02 Å². The highest BCUT2D eigenvalue weighted by Crippen LogP contribution is 2.37. The summed E-state index contributed by atoms with van der Waals surface area (Å²) in [5, 5.41) is 0.446. The van der Waals surface area contributed by atoms with Gasteiger partial charge < -0.3 is 4.74 Å². The number of ketones is 1. The molecule has 102 valence electrons. The Morgan fingerprint density at radius 1 is 1.20 bits per heavy atom. The zero-order valence-electron chi connectivity index (χ0n) is 10.7. The van der Waals surface area contributed by atoms with Crippen LogP contribution in [0.15, 0.2) is 42.5 Å². The van der Waals surface area contributed by atoms with Gasteiger partial charge in [-0.05, 0) is 17.2 Å². The lowest BCUT2D eigenvalue weighted by atomic mass is 9.97. The predicted molar refractivity (Wildman–Crippen MR) is 83.0 cm³/mol. The topological polar surface area (TPSA) is 26.3 Å². The van der Waals surface area contributed by atoms with E-state index in [4.69, 9.17) is 16.3 Å². The Kier molecular flexibility index (Phi) is 3.72. The minimum absolute atomic E-state index is 0.00818. The first-order chi connectivity index (χ1) is 9.65. The summed E-state index contributed by atoms with van der Waals surface area (Å²) < 4.78 is 5.75. The van der Waals surface area contributed by atoms with Gasteiger partial charge in [0.05, 0.1) is 17.0 Å². The van der Waals surface area contributed by atoms with E-state index in [1.54, 1.807) is 6.07 Å². The van der Waals surface area contributed by atoms with Crippen molar-refractivity contribution in [3.05, 3.63) is 64.2 Å². The van der Waals surface area contributed by atoms with Gasteiger partial charge in [-0.25, -0.2) is 0 Å². The number of Topliss-reactive ketones (excluding diaryl/α,β-unsaturated/α-hetero) is 1. The first-order valence-corrected chi connectivity index (χ1v) is 7.28. The van der Waals surface area contributed by atoms with Crippen molar-refractivity contribution < 1.29 is 9.53 Å². The predicted octanol–water partition coefficient (Wildman–Crippen LogP) is 4.15. The summed E-state index contributed by atoms with van der Waals surface area (Å²) in [5.74, 6) is 0.573. The number of carbonyl (C=O) groups excluding carboxylic acids is 1. The lowest BCUT2D eigenvalue weighted by Gasteiger charge is -2.25. The molecule has 0 aromatic heterocycles. The summed E-state index contributed by atoms with van der Waals surface area (Å²) in [4.78, 5) is 12.1. The standard InChI is InChI=1S/C16H13ClO2S/c17-12-7-6-11(8-10-4-2-1-3-5-10)16-15(12)13(18)9-14(20)19-16/h1-7,14,20H,8-9H2. The molecule has 3 rings (SSSR count). The summed E-state index contributed by atoms with van der Waals surface area (Å²) in [7, 11) is 0. The lowest BCUT2D eigenvalue weighted by molar-refractivity contribution is 0.0918. The third-order valence-electron chi connectivity index (χ3n) is 3.32. The summed E-state index contributed by atoms with van der Waals surface area (Å²) in [6.45, 7) is 0. The normalized spacial score (nSPS) is 17.5. The highest BCUT2D eigenvalue weighted by molar-refractivity contribution is 7.80. The number of benzene rings is 2. The van der Waals surface area contributed by atoms with Gasteiger partial charge in [0.25, 0.3) is 0 Å². The van der Waals surface area contributed by atoms with Crippen LogP contribution in [0.4, 0.5) is 0 Å². The highest BCUT2D eigenvalue weighted by atomic mass is 35.5. The van der Waals surface area contributed by atoms with E-state index in [9.17, 15) is 4.79 Å². The molecule has 1 atom stereocenters. The molecule has 0 N–H and O–H groups in total. The van der Waals surface area contributed by atoms with Crippen molar-refractivity contribution in [2.24, 2.45) is 0 Å². The van der Waals surface area contributed by atoms with Crippen molar-refractivity contribution >= 4 is 30.0 Å². The van der Waals surface area contributed by atoms with Gasteiger partial charge >= 0.3 is 0 Å². The zero-order chi connectivity index (χ0) is 14.1. The largest absolute Gasteiger partial charge is 0.478 e. The number of thiol groups is 1. The van der Waals surface area contributed by atoms with E-state index >= 15 is 0 Å². The van der Waals surface area contributed by atoms with Gasteiger partial charge in [-0.2, -0.15) is 0 Å². The van der Waals surface area contributed by atoms with Crippen LogP contribution >= 0.6 is 24.2 Å². The molecule has 2 aromatic carbocycles. The van der Waals surface area contributed by atoms with Crippen molar-refractivity contribution in [2.45, 2.75) is 18.3 Å². The molecule has 2 nitrogen and oxygen atoms in total. The minimum Gasteiger partial charge on any atom is -0.478 e. The Balaban J connectivity index is 2.05. The summed E-state index contributed by atoms with van der Waals surface area (Å²) >= 11 is 10.4. The second-order valence-electron chi connectivity index (χ2n) is 4.77. The van der Waals surface area contributed by atoms with Crippen LogP contribution in [0.25, 0.3) is 0 Å². The molecule has 0 fully saturated rings. The molecule has 0 saturated carbocycles. The van der Waals surface area contributed by atoms with Crippen LogP contribution < -0.4 is 4.74 Å². The summed E-state index contributed by atoms with van der Waals surface area (Å²) in [6, 6.07) is 13.7. The van der Waals surface area contributed by atoms with E-state index in [2.05, 4.69) is 12.6 Å². The first kappa shape index (κ1) is 13.5. The van der Waals surface area contributed by atoms with Crippen LogP contribution in [0.3, 0.4) is 0 Å². The van der Waals surface area contributed by atoms with E-state index in [0.29, 0.717) is 22.8 Å². The Morgan fingerprint density at radius 3 is 2.70 bits per heavy atom. The maximum absolute atomic E-state index is 12.1. The zero-order valence-corrected chi connectivity index (χ0v) is 12.3. The van der Waals surface area contributed by atoms with Gasteiger partial charge in [0.15, 0.2) is 5.78 Å². The number of halogens is 1. The third-order valence-corrected chi connectivity index (χ3v) is 3.92. The van der Waals surface area contributed by atoms with Crippen molar-refractivity contribution in [1.82, 2.24) is 0 Å². The Morgan fingerprint density at radius 2 is 1.95 bits per heavy atom. The maximum atomic E-state index is 12.1. The maximum Gasteiger partial charge on any atom is 0.172 e. The molecular weight excluding hydrogens is 292 g/mol. The summed E-state index contributed by atoms with van der Waals surface area (Å²) in [5.41, 5.74) is 2.21. The molecule has 0 radical (unpaired) electrons. The molecule has 1 heterocycles. The SMILES string of the molecule is O=C1CC(S)Oc2c(Cc3ccccc3)ccc(Cl)c21. The molecule has 0 bridgehead atoms. The van der Waals surface area contributed by atoms with Crippen LogP contribution in [-0.2, 0) is 6.42 Å². The lowest BCUT2D eigenvalue weighted by Crippen LogP contribution is -2.23. The number of hydrogen-bond donors (Lipinski definition) is 1. The van der Waals surface area contributed by atoms with Crippen LogP contribution in [0.5, 0.6) is 5.75 Å². The Hall–Kier alpha value is -1.45. The Labute approximate surface area is 128 Å². The van der Waals surface area contributed by atoms with Gasteiger partial charge in [0.2, 0.25) is 0 Å². The average molecular weight is 305 g/mol. The van der Waals surface area contributed by atoms with E-state index in [1.165, 1.54) is 0 Å². The molecule has 20 heavy (non-hydrogen) atoms. The van der Waals surface area contributed by atoms with Crippen LogP contribution in [0.1, 0.15) is 27.9 Å². The quantitative estimate of drug-likeness (QED) is 0.844. The van der Waals surface area contributed by atoms with Gasteiger partial charge in [-0.15, -0.1) is 12.6 Å². The number of rotatable bonds is 2. The van der Waals surface area contributed by atoms with Gasteiger partial charge in [-0.3, -0.25) is 4.79 Å². The number of carbonyl (C=O) groups is 1. The molecule has 4 heteroatoms. The molecular formula is C16H13ClO2S.